The average Bonchev–Trinajstić information content (AvgIpc) is 2.96. The molecule has 1 aliphatic carbocycles. The summed E-state index contributed by atoms with van der Waals surface area (Å²) < 4.78 is 6.13. The number of aryl methyl sites for hydroxylation is 1. The van der Waals surface area contributed by atoms with E-state index in [4.69, 9.17) is 4.74 Å². The van der Waals surface area contributed by atoms with E-state index in [1.165, 1.54) is 43.2 Å². The number of halogens is 1. The molecule has 2 aliphatic rings. The van der Waals surface area contributed by atoms with E-state index in [2.05, 4.69) is 41.1 Å². The summed E-state index contributed by atoms with van der Waals surface area (Å²) in [5.41, 5.74) is 3.25. The standard InChI is InChI=1S/C16H21BrO/c1-12-4-5-15-13(8-12)9-14(18-15)10-16(11-17)6-2-3-7-16/h4-5,8,14H,2-3,6-7,9-11H2,1H3. The minimum Gasteiger partial charge on any atom is -0.490 e. The maximum atomic E-state index is 6.13. The van der Waals surface area contributed by atoms with Gasteiger partial charge in [0.05, 0.1) is 0 Å². The highest BCUT2D eigenvalue weighted by molar-refractivity contribution is 9.09. The van der Waals surface area contributed by atoms with Gasteiger partial charge in [-0.3, -0.25) is 0 Å². The Morgan fingerprint density at radius 1 is 1.33 bits per heavy atom. The number of alkyl halides is 1. The number of hydrogen-bond acceptors (Lipinski definition) is 1. The van der Waals surface area contributed by atoms with Crippen LogP contribution >= 0.6 is 15.9 Å². The van der Waals surface area contributed by atoms with E-state index in [1.807, 2.05) is 0 Å². The molecule has 1 aliphatic heterocycles. The predicted molar refractivity (Wildman–Crippen MR) is 78.6 cm³/mol. The maximum Gasteiger partial charge on any atom is 0.123 e. The van der Waals surface area contributed by atoms with Crippen LogP contribution in [0.25, 0.3) is 0 Å². The molecular weight excluding hydrogens is 288 g/mol. The van der Waals surface area contributed by atoms with Crippen LogP contribution < -0.4 is 4.74 Å². The first kappa shape index (κ1) is 12.5. The molecule has 18 heavy (non-hydrogen) atoms. The first-order chi connectivity index (χ1) is 8.71. The topological polar surface area (TPSA) is 9.23 Å². The van der Waals surface area contributed by atoms with Crippen molar-refractivity contribution in [2.24, 2.45) is 5.41 Å². The van der Waals surface area contributed by atoms with Crippen LogP contribution in [0.15, 0.2) is 18.2 Å². The van der Waals surface area contributed by atoms with Gasteiger partial charge in [0.2, 0.25) is 0 Å². The van der Waals surface area contributed by atoms with E-state index >= 15 is 0 Å². The second kappa shape index (κ2) is 4.88. The molecule has 1 heterocycles. The molecule has 1 atom stereocenters. The smallest absolute Gasteiger partial charge is 0.123 e. The molecule has 3 rings (SSSR count). The summed E-state index contributed by atoms with van der Waals surface area (Å²) in [6.45, 7) is 2.16. The fourth-order valence-corrected chi connectivity index (χ4v) is 4.35. The van der Waals surface area contributed by atoms with E-state index in [1.54, 1.807) is 0 Å². The third kappa shape index (κ3) is 2.32. The molecule has 1 unspecified atom stereocenters. The molecule has 0 bridgehead atoms. The van der Waals surface area contributed by atoms with Crippen molar-refractivity contribution < 1.29 is 4.74 Å². The molecule has 1 aromatic rings. The summed E-state index contributed by atoms with van der Waals surface area (Å²) in [5.74, 6) is 1.12. The molecule has 1 nitrogen and oxygen atoms in total. The van der Waals surface area contributed by atoms with Gasteiger partial charge in [0.25, 0.3) is 0 Å². The van der Waals surface area contributed by atoms with Gasteiger partial charge in [0.15, 0.2) is 0 Å². The molecule has 2 heteroatoms. The lowest BCUT2D eigenvalue weighted by Crippen LogP contribution is -2.27. The molecular formula is C16H21BrO. The van der Waals surface area contributed by atoms with E-state index in [-0.39, 0.29) is 0 Å². The Bertz CT molecular complexity index is 435. The largest absolute Gasteiger partial charge is 0.490 e. The minimum atomic E-state index is 0.400. The molecule has 0 N–H and O–H groups in total. The summed E-state index contributed by atoms with van der Waals surface area (Å²) >= 11 is 3.73. The molecule has 1 aromatic carbocycles. The summed E-state index contributed by atoms with van der Waals surface area (Å²) in [6.07, 6.45) is 8.24. The number of benzene rings is 1. The predicted octanol–water partition coefficient (Wildman–Crippen LogP) is 4.64. The monoisotopic (exact) mass is 308 g/mol. The van der Waals surface area contributed by atoms with Crippen molar-refractivity contribution in [1.29, 1.82) is 0 Å². The van der Waals surface area contributed by atoms with Crippen molar-refractivity contribution >= 4 is 15.9 Å². The van der Waals surface area contributed by atoms with Crippen LogP contribution in [0.1, 0.15) is 43.2 Å². The van der Waals surface area contributed by atoms with Gasteiger partial charge in [-0.25, -0.2) is 0 Å². The third-order valence-electron chi connectivity index (χ3n) is 4.57. The molecule has 1 saturated carbocycles. The van der Waals surface area contributed by atoms with Crippen LogP contribution in [-0.2, 0) is 6.42 Å². The Hall–Kier alpha value is -0.500. The highest BCUT2D eigenvalue weighted by Crippen LogP contribution is 2.45. The zero-order chi connectivity index (χ0) is 12.6. The van der Waals surface area contributed by atoms with Crippen molar-refractivity contribution in [2.45, 2.75) is 51.6 Å². The summed E-state index contributed by atoms with van der Waals surface area (Å²) in [4.78, 5) is 0. The Balaban J connectivity index is 1.70. The fraction of sp³-hybridized carbons (Fsp3) is 0.625. The lowest BCUT2D eigenvalue weighted by molar-refractivity contribution is 0.153. The van der Waals surface area contributed by atoms with Gasteiger partial charge in [-0.2, -0.15) is 0 Å². The van der Waals surface area contributed by atoms with Gasteiger partial charge in [0.1, 0.15) is 11.9 Å². The molecule has 1 fully saturated rings. The van der Waals surface area contributed by atoms with Gasteiger partial charge in [0, 0.05) is 11.8 Å². The van der Waals surface area contributed by atoms with Gasteiger partial charge in [-0.1, -0.05) is 46.5 Å². The Morgan fingerprint density at radius 3 is 2.83 bits per heavy atom. The van der Waals surface area contributed by atoms with Gasteiger partial charge >= 0.3 is 0 Å². The van der Waals surface area contributed by atoms with Gasteiger partial charge in [-0.15, -0.1) is 0 Å². The van der Waals surface area contributed by atoms with Crippen molar-refractivity contribution in [3.63, 3.8) is 0 Å². The lowest BCUT2D eigenvalue weighted by atomic mass is 9.82. The molecule has 0 spiro atoms. The third-order valence-corrected chi connectivity index (χ3v) is 5.76. The van der Waals surface area contributed by atoms with Crippen LogP contribution in [0, 0.1) is 12.3 Å². The summed E-state index contributed by atoms with van der Waals surface area (Å²) in [5, 5.41) is 1.13. The zero-order valence-corrected chi connectivity index (χ0v) is 12.6. The van der Waals surface area contributed by atoms with E-state index < -0.39 is 0 Å². The second-order valence-corrected chi connectivity index (χ2v) is 6.66. The first-order valence-corrected chi connectivity index (χ1v) is 8.15. The quantitative estimate of drug-likeness (QED) is 0.739. The van der Waals surface area contributed by atoms with E-state index in [0.29, 0.717) is 11.5 Å². The first-order valence-electron chi connectivity index (χ1n) is 7.03. The normalized spacial score (nSPS) is 24.9. The fourth-order valence-electron chi connectivity index (χ4n) is 3.56. The summed E-state index contributed by atoms with van der Waals surface area (Å²) in [6, 6.07) is 6.57. The number of rotatable bonds is 3. The summed E-state index contributed by atoms with van der Waals surface area (Å²) in [7, 11) is 0. The van der Waals surface area contributed by atoms with E-state index in [9.17, 15) is 0 Å². The van der Waals surface area contributed by atoms with Crippen LogP contribution in [0.3, 0.4) is 0 Å². The van der Waals surface area contributed by atoms with Crippen LogP contribution in [-0.4, -0.2) is 11.4 Å². The van der Waals surface area contributed by atoms with Gasteiger partial charge < -0.3 is 4.74 Å². The maximum absolute atomic E-state index is 6.13. The van der Waals surface area contributed by atoms with Gasteiger partial charge in [-0.05, 0) is 43.2 Å². The van der Waals surface area contributed by atoms with Crippen LogP contribution in [0.4, 0.5) is 0 Å². The Labute approximate surface area is 118 Å². The van der Waals surface area contributed by atoms with Crippen molar-refractivity contribution in [2.75, 3.05) is 5.33 Å². The Kier molecular flexibility index (Phi) is 3.40. The highest BCUT2D eigenvalue weighted by Gasteiger charge is 2.37. The molecule has 0 radical (unpaired) electrons. The number of fused-ring (bicyclic) bond motifs is 1. The second-order valence-electron chi connectivity index (χ2n) is 6.10. The highest BCUT2D eigenvalue weighted by atomic mass is 79.9. The minimum absolute atomic E-state index is 0.400. The lowest BCUT2D eigenvalue weighted by Gasteiger charge is -2.29. The average molecular weight is 309 g/mol. The molecule has 0 amide bonds. The number of hydrogen-bond donors (Lipinski definition) is 0. The molecule has 98 valence electrons. The molecule has 0 aromatic heterocycles. The van der Waals surface area contributed by atoms with E-state index in [0.717, 1.165) is 17.5 Å². The zero-order valence-electron chi connectivity index (χ0n) is 11.0. The van der Waals surface area contributed by atoms with Crippen molar-refractivity contribution in [3.05, 3.63) is 29.3 Å². The van der Waals surface area contributed by atoms with Crippen molar-refractivity contribution in [3.8, 4) is 5.75 Å². The number of ether oxygens (including phenoxy) is 1. The molecule has 0 saturated heterocycles. The SMILES string of the molecule is Cc1ccc2c(c1)CC(CC1(CBr)CCCC1)O2. The Morgan fingerprint density at radius 2 is 2.11 bits per heavy atom. The van der Waals surface area contributed by atoms with Crippen LogP contribution in [0.2, 0.25) is 0 Å². The van der Waals surface area contributed by atoms with Crippen molar-refractivity contribution in [1.82, 2.24) is 0 Å². The van der Waals surface area contributed by atoms with Crippen LogP contribution in [0.5, 0.6) is 5.75 Å².